The predicted octanol–water partition coefficient (Wildman–Crippen LogP) is 2.57. The first-order chi connectivity index (χ1) is 14.9. The van der Waals surface area contributed by atoms with Gasteiger partial charge in [-0.15, -0.1) is 11.3 Å². The van der Waals surface area contributed by atoms with E-state index >= 15 is 0 Å². The van der Waals surface area contributed by atoms with E-state index in [1.807, 2.05) is 6.07 Å². The van der Waals surface area contributed by atoms with Gasteiger partial charge in [0.05, 0.1) is 5.56 Å². The summed E-state index contributed by atoms with van der Waals surface area (Å²) < 4.78 is 30.8. The highest BCUT2D eigenvalue weighted by Crippen LogP contribution is 2.37. The lowest BCUT2D eigenvalue weighted by atomic mass is 9.96. The molecule has 0 atom stereocenters. The minimum Gasteiger partial charge on any atom is -0.455 e. The average Bonchev–Trinajstić information content (AvgIpc) is 3.12. The van der Waals surface area contributed by atoms with E-state index < -0.39 is 35.1 Å². The van der Waals surface area contributed by atoms with Gasteiger partial charge in [-0.2, -0.15) is 5.26 Å². The Morgan fingerprint density at radius 2 is 1.94 bits per heavy atom. The zero-order valence-electron chi connectivity index (χ0n) is 16.6. The Morgan fingerprint density at radius 3 is 2.68 bits per heavy atom. The van der Waals surface area contributed by atoms with Crippen molar-refractivity contribution in [2.24, 2.45) is 0 Å². The number of carbonyl (C=O) groups excluding carboxylic acids is 2. The molecule has 10 heteroatoms. The molecule has 0 saturated carbocycles. The van der Waals surface area contributed by atoms with E-state index in [4.69, 9.17) is 4.74 Å². The quantitative estimate of drug-likeness (QED) is 0.585. The Balaban J connectivity index is 1.46. The molecule has 31 heavy (non-hydrogen) atoms. The van der Waals surface area contributed by atoms with Crippen LogP contribution < -0.4 is 10.0 Å². The highest BCUT2D eigenvalue weighted by molar-refractivity contribution is 7.92. The second-order valence-electron chi connectivity index (χ2n) is 6.82. The fraction of sp³-hybridized carbons (Fsp3) is 0.286. The number of ether oxygens (including phenoxy) is 1. The fourth-order valence-corrected chi connectivity index (χ4v) is 5.08. The lowest BCUT2D eigenvalue weighted by Gasteiger charge is -2.09. The van der Waals surface area contributed by atoms with Crippen LogP contribution in [0.15, 0.2) is 35.7 Å². The van der Waals surface area contributed by atoms with Crippen LogP contribution in [0.2, 0.25) is 0 Å². The number of thiophene rings is 1. The van der Waals surface area contributed by atoms with Gasteiger partial charge in [-0.3, -0.25) is 9.59 Å². The Bertz CT molecular complexity index is 1130. The summed E-state index contributed by atoms with van der Waals surface area (Å²) in [5, 5.41) is 13.4. The Kier molecular flexibility index (Phi) is 7.57. The van der Waals surface area contributed by atoms with Gasteiger partial charge in [-0.1, -0.05) is 30.3 Å². The van der Waals surface area contributed by atoms with Crippen LogP contribution in [-0.2, 0) is 37.2 Å². The first-order valence-electron chi connectivity index (χ1n) is 9.61. The third kappa shape index (κ3) is 6.49. The largest absolute Gasteiger partial charge is 0.455 e. The van der Waals surface area contributed by atoms with Crippen LogP contribution >= 0.6 is 11.3 Å². The zero-order valence-corrected chi connectivity index (χ0v) is 18.2. The highest BCUT2D eigenvalue weighted by Gasteiger charge is 2.22. The molecule has 1 aromatic carbocycles. The summed E-state index contributed by atoms with van der Waals surface area (Å²) >= 11 is 1.37. The summed E-state index contributed by atoms with van der Waals surface area (Å²) in [6.07, 6.45) is 5.17. The molecule has 2 N–H and O–H groups in total. The van der Waals surface area contributed by atoms with E-state index in [0.717, 1.165) is 41.5 Å². The van der Waals surface area contributed by atoms with Crippen molar-refractivity contribution >= 4 is 44.3 Å². The minimum absolute atomic E-state index is 0.460. The normalized spacial score (nSPS) is 13.4. The van der Waals surface area contributed by atoms with Crippen molar-refractivity contribution in [3.63, 3.8) is 0 Å². The number of aryl methyl sites for hydroxylation is 1. The standard InChI is InChI=1S/C21H21N3O5S2/c22-12-17-16-8-4-5-9-18(16)30-21(17)24-19(25)14-29-20(26)13-23-31(27,28)11-10-15-6-2-1-3-7-15/h1-3,6-7,10-11,23H,4-5,8-9,13-14H2,(H,24,25)/b11-10+. The predicted molar refractivity (Wildman–Crippen MR) is 118 cm³/mol. The number of nitriles is 1. The van der Waals surface area contributed by atoms with Crippen LogP contribution in [0.3, 0.4) is 0 Å². The van der Waals surface area contributed by atoms with E-state index in [1.165, 1.54) is 17.4 Å². The van der Waals surface area contributed by atoms with Gasteiger partial charge in [-0.05, 0) is 42.9 Å². The van der Waals surface area contributed by atoms with Crippen molar-refractivity contribution in [1.29, 1.82) is 5.26 Å². The number of amides is 1. The lowest BCUT2D eigenvalue weighted by molar-refractivity contribution is -0.146. The van der Waals surface area contributed by atoms with Gasteiger partial charge in [0, 0.05) is 10.3 Å². The average molecular weight is 460 g/mol. The molecule has 0 radical (unpaired) electrons. The first-order valence-corrected chi connectivity index (χ1v) is 12.0. The molecule has 1 aliphatic rings. The maximum atomic E-state index is 12.1. The Hall–Kier alpha value is -3.00. The third-order valence-electron chi connectivity index (χ3n) is 4.56. The SMILES string of the molecule is N#Cc1c(NC(=O)COC(=O)CNS(=O)(=O)/C=C/c2ccccc2)sc2c1CCCC2. The van der Waals surface area contributed by atoms with Crippen molar-refractivity contribution in [1.82, 2.24) is 4.72 Å². The molecule has 1 aromatic heterocycles. The number of nitrogens with one attached hydrogen (secondary N) is 2. The monoisotopic (exact) mass is 459 g/mol. The van der Waals surface area contributed by atoms with Gasteiger partial charge in [0.15, 0.2) is 6.61 Å². The number of hydrogen-bond donors (Lipinski definition) is 2. The number of anilines is 1. The van der Waals surface area contributed by atoms with Crippen molar-refractivity contribution in [2.75, 3.05) is 18.5 Å². The second-order valence-corrected chi connectivity index (χ2v) is 9.57. The van der Waals surface area contributed by atoms with Gasteiger partial charge in [0.1, 0.15) is 17.6 Å². The second kappa shape index (κ2) is 10.3. The number of benzene rings is 1. The number of hydrogen-bond acceptors (Lipinski definition) is 7. The molecule has 0 bridgehead atoms. The van der Waals surface area contributed by atoms with Crippen LogP contribution in [0.4, 0.5) is 5.00 Å². The van der Waals surface area contributed by atoms with E-state index in [2.05, 4.69) is 16.1 Å². The van der Waals surface area contributed by atoms with Crippen LogP contribution in [0.5, 0.6) is 0 Å². The Morgan fingerprint density at radius 1 is 1.19 bits per heavy atom. The highest BCUT2D eigenvalue weighted by atomic mass is 32.2. The fourth-order valence-electron chi connectivity index (χ4n) is 3.07. The van der Waals surface area contributed by atoms with E-state index in [-0.39, 0.29) is 0 Å². The summed E-state index contributed by atoms with van der Waals surface area (Å²) in [5.74, 6) is -1.48. The van der Waals surface area contributed by atoms with Crippen LogP contribution in [0, 0.1) is 11.3 Å². The summed E-state index contributed by atoms with van der Waals surface area (Å²) in [5.41, 5.74) is 2.15. The molecule has 1 aliphatic carbocycles. The van der Waals surface area contributed by atoms with E-state index in [9.17, 15) is 23.3 Å². The third-order valence-corrected chi connectivity index (χ3v) is 6.81. The lowest BCUT2D eigenvalue weighted by Crippen LogP contribution is -2.31. The van der Waals surface area contributed by atoms with E-state index in [1.54, 1.807) is 24.3 Å². The molecular formula is C21H21N3O5S2. The number of rotatable bonds is 8. The summed E-state index contributed by atoms with van der Waals surface area (Å²) in [7, 11) is -3.84. The minimum atomic E-state index is -3.84. The van der Waals surface area contributed by atoms with Gasteiger partial charge in [0.2, 0.25) is 10.0 Å². The molecule has 162 valence electrons. The molecule has 2 aromatic rings. The summed E-state index contributed by atoms with van der Waals surface area (Å²) in [6, 6.07) is 11.0. The topological polar surface area (TPSA) is 125 Å². The summed E-state index contributed by atoms with van der Waals surface area (Å²) in [4.78, 5) is 25.0. The summed E-state index contributed by atoms with van der Waals surface area (Å²) in [6.45, 7) is -1.18. The molecule has 8 nitrogen and oxygen atoms in total. The van der Waals surface area contributed by atoms with Crippen molar-refractivity contribution in [2.45, 2.75) is 25.7 Å². The molecule has 1 amide bonds. The van der Waals surface area contributed by atoms with Gasteiger partial charge >= 0.3 is 5.97 Å². The maximum absolute atomic E-state index is 12.1. The molecule has 0 fully saturated rings. The van der Waals surface area contributed by atoms with Crippen molar-refractivity contribution < 1.29 is 22.7 Å². The number of fused-ring (bicyclic) bond motifs is 1. The molecule has 0 unspecified atom stereocenters. The van der Waals surface area contributed by atoms with Crippen LogP contribution in [-0.4, -0.2) is 33.4 Å². The molecule has 0 saturated heterocycles. The molecule has 0 spiro atoms. The Labute approximate surface area is 184 Å². The van der Waals surface area contributed by atoms with Crippen LogP contribution in [0.25, 0.3) is 6.08 Å². The van der Waals surface area contributed by atoms with Gasteiger partial charge in [0.25, 0.3) is 5.91 Å². The van der Waals surface area contributed by atoms with E-state index in [0.29, 0.717) is 16.1 Å². The maximum Gasteiger partial charge on any atom is 0.321 e. The van der Waals surface area contributed by atoms with Crippen molar-refractivity contribution in [3.8, 4) is 6.07 Å². The number of nitrogens with zero attached hydrogens (tertiary/aromatic N) is 1. The number of esters is 1. The number of carbonyl (C=O) groups is 2. The van der Waals surface area contributed by atoms with Gasteiger partial charge < -0.3 is 10.1 Å². The number of sulfonamides is 1. The van der Waals surface area contributed by atoms with Gasteiger partial charge in [-0.25, -0.2) is 13.1 Å². The smallest absolute Gasteiger partial charge is 0.321 e. The zero-order chi connectivity index (χ0) is 22.3. The molecule has 0 aliphatic heterocycles. The van der Waals surface area contributed by atoms with Crippen LogP contribution in [0.1, 0.15) is 34.4 Å². The molecule has 1 heterocycles. The molecular weight excluding hydrogens is 438 g/mol. The van der Waals surface area contributed by atoms with Crippen molar-refractivity contribution in [3.05, 3.63) is 57.3 Å². The molecule has 3 rings (SSSR count). The first kappa shape index (κ1) is 22.7.